The van der Waals surface area contributed by atoms with Gasteiger partial charge in [0, 0.05) is 0 Å². The van der Waals surface area contributed by atoms with Crippen LogP contribution in [0.3, 0.4) is 0 Å². The molecule has 0 saturated heterocycles. The van der Waals surface area contributed by atoms with E-state index in [9.17, 15) is 0 Å². The van der Waals surface area contributed by atoms with Gasteiger partial charge in [-0.05, 0) is 22.5 Å². The van der Waals surface area contributed by atoms with Crippen LogP contribution in [0.2, 0.25) is 6.82 Å². The highest BCUT2D eigenvalue weighted by Crippen LogP contribution is 2.17. The van der Waals surface area contributed by atoms with Crippen molar-refractivity contribution in [2.45, 2.75) is 33.2 Å². The van der Waals surface area contributed by atoms with Crippen LogP contribution in [0.25, 0.3) is 0 Å². The lowest BCUT2D eigenvalue weighted by molar-refractivity contribution is 0.333. The summed E-state index contributed by atoms with van der Waals surface area (Å²) >= 11 is 0. The molecule has 1 aliphatic rings. The zero-order chi connectivity index (χ0) is 9.42. The molecule has 0 spiro atoms. The van der Waals surface area contributed by atoms with E-state index in [-0.39, 0.29) is 6.92 Å². The fraction of sp³-hybridized carbons (Fsp3) is 0.455. The van der Waals surface area contributed by atoms with Gasteiger partial charge in [-0.3, -0.25) is 0 Å². The first-order valence-electron chi connectivity index (χ1n) is 4.93. The maximum absolute atomic E-state index is 5.56. The van der Waals surface area contributed by atoms with Gasteiger partial charge in [0.15, 0.2) is 0 Å². The first-order valence-corrected chi connectivity index (χ1v) is 4.93. The van der Waals surface area contributed by atoms with E-state index in [0.717, 1.165) is 6.61 Å². The SMILES string of the molecule is CB1OCc2ccc(C(C)C)cc21. The van der Waals surface area contributed by atoms with Crippen molar-refractivity contribution in [3.8, 4) is 0 Å². The van der Waals surface area contributed by atoms with Gasteiger partial charge in [0.1, 0.15) is 0 Å². The highest BCUT2D eigenvalue weighted by Gasteiger charge is 2.23. The molecule has 68 valence electrons. The average molecular weight is 174 g/mol. The van der Waals surface area contributed by atoms with E-state index in [2.05, 4.69) is 38.9 Å². The van der Waals surface area contributed by atoms with E-state index in [0.29, 0.717) is 5.92 Å². The maximum atomic E-state index is 5.56. The van der Waals surface area contributed by atoms with Crippen LogP contribution in [0.15, 0.2) is 18.2 Å². The van der Waals surface area contributed by atoms with E-state index in [1.807, 2.05) is 0 Å². The summed E-state index contributed by atoms with van der Waals surface area (Å²) in [4.78, 5) is 0. The van der Waals surface area contributed by atoms with Crippen LogP contribution in [-0.2, 0) is 11.3 Å². The monoisotopic (exact) mass is 174 g/mol. The lowest BCUT2D eigenvalue weighted by Crippen LogP contribution is -2.24. The van der Waals surface area contributed by atoms with Crippen LogP contribution in [-0.4, -0.2) is 6.92 Å². The molecule has 13 heavy (non-hydrogen) atoms. The maximum Gasteiger partial charge on any atom is 0.324 e. The van der Waals surface area contributed by atoms with Gasteiger partial charge in [0.2, 0.25) is 0 Å². The third kappa shape index (κ3) is 1.51. The number of benzene rings is 1. The molecule has 1 aromatic carbocycles. The Kier molecular flexibility index (Phi) is 2.16. The molecule has 0 aromatic heterocycles. The fourth-order valence-corrected chi connectivity index (χ4v) is 1.79. The zero-order valence-corrected chi connectivity index (χ0v) is 8.50. The third-order valence-corrected chi connectivity index (χ3v) is 2.76. The van der Waals surface area contributed by atoms with Crippen LogP contribution < -0.4 is 5.46 Å². The van der Waals surface area contributed by atoms with Gasteiger partial charge in [0.05, 0.1) is 6.61 Å². The second kappa shape index (κ2) is 3.19. The second-order valence-electron chi connectivity index (χ2n) is 4.07. The van der Waals surface area contributed by atoms with Gasteiger partial charge in [-0.25, -0.2) is 0 Å². The molecule has 0 unspecified atom stereocenters. The van der Waals surface area contributed by atoms with Gasteiger partial charge >= 0.3 is 6.92 Å². The minimum absolute atomic E-state index is 0.286. The number of hydrogen-bond acceptors (Lipinski definition) is 1. The van der Waals surface area contributed by atoms with Gasteiger partial charge in [0.25, 0.3) is 0 Å². The van der Waals surface area contributed by atoms with Gasteiger partial charge < -0.3 is 4.65 Å². The minimum atomic E-state index is 0.286. The van der Waals surface area contributed by atoms with Gasteiger partial charge in [-0.1, -0.05) is 38.9 Å². The molecule has 0 fully saturated rings. The first kappa shape index (κ1) is 8.83. The normalized spacial score (nSPS) is 15.2. The molecule has 1 nitrogen and oxygen atoms in total. The van der Waals surface area contributed by atoms with Crippen LogP contribution in [0.4, 0.5) is 0 Å². The number of rotatable bonds is 1. The largest absolute Gasteiger partial charge is 0.427 e. The quantitative estimate of drug-likeness (QED) is 0.593. The summed E-state index contributed by atoms with van der Waals surface area (Å²) in [5.74, 6) is 0.609. The zero-order valence-electron chi connectivity index (χ0n) is 8.50. The predicted octanol–water partition coefficient (Wildman–Crippen LogP) is 2.17. The molecule has 0 atom stereocenters. The lowest BCUT2D eigenvalue weighted by atomic mass is 9.63. The average Bonchev–Trinajstić information content (AvgIpc) is 2.47. The molecular weight excluding hydrogens is 159 g/mol. The molecule has 2 rings (SSSR count). The Morgan fingerprint density at radius 2 is 2.15 bits per heavy atom. The fourth-order valence-electron chi connectivity index (χ4n) is 1.79. The van der Waals surface area contributed by atoms with Crippen LogP contribution >= 0.6 is 0 Å². The summed E-state index contributed by atoms with van der Waals surface area (Å²) in [6.45, 7) is 7.64. The van der Waals surface area contributed by atoms with Gasteiger partial charge in [-0.2, -0.15) is 0 Å². The molecule has 0 amide bonds. The Hall–Kier alpha value is -0.755. The van der Waals surface area contributed by atoms with Gasteiger partial charge in [-0.15, -0.1) is 0 Å². The molecular formula is C11H15BO. The van der Waals surface area contributed by atoms with E-state index in [1.165, 1.54) is 16.6 Å². The molecule has 0 N–H and O–H groups in total. The first-order chi connectivity index (χ1) is 6.18. The summed E-state index contributed by atoms with van der Waals surface area (Å²) in [6, 6.07) is 6.71. The van der Waals surface area contributed by atoms with Crippen molar-refractivity contribution in [1.82, 2.24) is 0 Å². The number of fused-ring (bicyclic) bond motifs is 1. The smallest absolute Gasteiger partial charge is 0.324 e. The Morgan fingerprint density at radius 3 is 2.85 bits per heavy atom. The van der Waals surface area contributed by atoms with Crippen molar-refractivity contribution in [3.63, 3.8) is 0 Å². The van der Waals surface area contributed by atoms with E-state index in [4.69, 9.17) is 4.65 Å². The van der Waals surface area contributed by atoms with Crippen LogP contribution in [0, 0.1) is 0 Å². The second-order valence-corrected chi connectivity index (χ2v) is 4.07. The Bertz CT molecular complexity index is 320. The third-order valence-electron chi connectivity index (χ3n) is 2.76. The molecule has 2 heteroatoms. The van der Waals surface area contributed by atoms with Crippen LogP contribution in [0.1, 0.15) is 30.9 Å². The molecule has 1 aliphatic heterocycles. The summed E-state index contributed by atoms with van der Waals surface area (Å²) < 4.78 is 5.56. The van der Waals surface area contributed by atoms with Crippen molar-refractivity contribution < 1.29 is 4.65 Å². The standard InChI is InChI=1S/C11H15BO/c1-8(2)9-4-5-10-7-13-12(3)11(10)6-9/h4-6,8H,7H2,1-3H3. The van der Waals surface area contributed by atoms with Crippen molar-refractivity contribution >= 4 is 12.4 Å². The van der Waals surface area contributed by atoms with E-state index >= 15 is 0 Å². The summed E-state index contributed by atoms with van der Waals surface area (Å²) in [6.07, 6.45) is 0. The molecule has 1 aromatic rings. The molecule has 1 heterocycles. The summed E-state index contributed by atoms with van der Waals surface area (Å²) in [5.41, 5.74) is 4.15. The molecule has 0 radical (unpaired) electrons. The summed E-state index contributed by atoms with van der Waals surface area (Å²) in [5, 5.41) is 0. The van der Waals surface area contributed by atoms with Crippen molar-refractivity contribution in [2.75, 3.05) is 0 Å². The Balaban J connectivity index is 2.42. The molecule has 0 aliphatic carbocycles. The van der Waals surface area contributed by atoms with E-state index in [1.54, 1.807) is 0 Å². The number of hydrogen-bond donors (Lipinski definition) is 0. The van der Waals surface area contributed by atoms with Crippen LogP contribution in [0.5, 0.6) is 0 Å². The predicted molar refractivity (Wildman–Crippen MR) is 56.6 cm³/mol. The van der Waals surface area contributed by atoms with E-state index < -0.39 is 0 Å². The molecule has 0 saturated carbocycles. The van der Waals surface area contributed by atoms with Crippen molar-refractivity contribution in [2.24, 2.45) is 0 Å². The highest BCUT2D eigenvalue weighted by molar-refractivity contribution is 6.67. The minimum Gasteiger partial charge on any atom is -0.427 e. The van der Waals surface area contributed by atoms with Crippen molar-refractivity contribution in [3.05, 3.63) is 29.3 Å². The highest BCUT2D eigenvalue weighted by atomic mass is 16.4. The Labute approximate surface area is 80.2 Å². The topological polar surface area (TPSA) is 9.23 Å². The summed E-state index contributed by atoms with van der Waals surface area (Å²) in [7, 11) is 0. The van der Waals surface area contributed by atoms with Crippen molar-refractivity contribution in [1.29, 1.82) is 0 Å². The lowest BCUT2D eigenvalue weighted by Gasteiger charge is -2.07. The Morgan fingerprint density at radius 1 is 1.38 bits per heavy atom. The molecule has 0 bridgehead atoms.